The molecule has 0 spiro atoms. The summed E-state index contributed by atoms with van der Waals surface area (Å²) in [6.45, 7) is 0. The molecule has 2 heterocycles. The van der Waals surface area contributed by atoms with E-state index in [1.54, 1.807) is 13.4 Å². The van der Waals surface area contributed by atoms with Gasteiger partial charge in [-0.2, -0.15) is 4.98 Å². The molecular weight excluding hydrogens is 288 g/mol. The molecule has 21 heavy (non-hydrogen) atoms. The zero-order valence-corrected chi connectivity index (χ0v) is 12.9. The maximum atomic E-state index is 5.98. The van der Waals surface area contributed by atoms with Gasteiger partial charge in [0.15, 0.2) is 11.2 Å². The molecule has 2 aliphatic rings. The third-order valence-corrected chi connectivity index (χ3v) is 4.73. The van der Waals surface area contributed by atoms with E-state index in [1.807, 2.05) is 0 Å². The molecule has 0 N–H and O–H groups in total. The van der Waals surface area contributed by atoms with Gasteiger partial charge in [0, 0.05) is 18.3 Å². The van der Waals surface area contributed by atoms with E-state index in [9.17, 15) is 0 Å². The molecule has 0 bridgehead atoms. The molecule has 0 saturated heterocycles. The number of methoxy groups -OCH3 is 1. The first-order valence-corrected chi connectivity index (χ1v) is 8.18. The largest absolute Gasteiger partial charge is 0.479 e. The van der Waals surface area contributed by atoms with Crippen molar-refractivity contribution in [1.29, 1.82) is 0 Å². The molecule has 0 aliphatic heterocycles. The van der Waals surface area contributed by atoms with Gasteiger partial charge in [0.2, 0.25) is 5.88 Å². The number of aromatic nitrogens is 4. The Balaban J connectivity index is 1.89. The highest BCUT2D eigenvalue weighted by molar-refractivity contribution is 6.17. The molecule has 4 rings (SSSR count). The van der Waals surface area contributed by atoms with Crippen LogP contribution in [0, 0.1) is 11.8 Å². The minimum atomic E-state index is 0.535. The number of ether oxygens (including phenoxy) is 1. The Bertz CT molecular complexity index is 651. The summed E-state index contributed by atoms with van der Waals surface area (Å²) < 4.78 is 7.69. The number of hydrogen-bond donors (Lipinski definition) is 0. The molecule has 0 radical (unpaired) electrons. The van der Waals surface area contributed by atoms with Crippen LogP contribution in [-0.2, 0) is 6.42 Å². The van der Waals surface area contributed by atoms with Crippen LogP contribution in [0.1, 0.15) is 37.5 Å². The minimum absolute atomic E-state index is 0.535. The molecule has 6 heteroatoms. The van der Waals surface area contributed by atoms with E-state index in [4.69, 9.17) is 21.3 Å². The summed E-state index contributed by atoms with van der Waals surface area (Å²) >= 11 is 5.98. The maximum absolute atomic E-state index is 5.98. The number of rotatable bonds is 6. The van der Waals surface area contributed by atoms with E-state index in [0.717, 1.165) is 35.2 Å². The molecule has 112 valence electrons. The Morgan fingerprint density at radius 1 is 1.29 bits per heavy atom. The summed E-state index contributed by atoms with van der Waals surface area (Å²) in [6, 6.07) is 0.535. The number of hydrogen-bond acceptors (Lipinski definition) is 4. The fraction of sp³-hybridized carbons (Fsp3) is 0.667. The number of aryl methyl sites for hydroxylation is 1. The second-order valence-corrected chi connectivity index (χ2v) is 6.44. The average molecular weight is 307 g/mol. The lowest BCUT2D eigenvalue weighted by Gasteiger charge is -2.20. The first-order valence-electron chi connectivity index (χ1n) is 7.65. The first-order chi connectivity index (χ1) is 10.3. The summed E-state index contributed by atoms with van der Waals surface area (Å²) in [4.78, 5) is 13.4. The molecule has 2 saturated carbocycles. The van der Waals surface area contributed by atoms with Gasteiger partial charge in [0.1, 0.15) is 12.2 Å². The van der Waals surface area contributed by atoms with Gasteiger partial charge >= 0.3 is 0 Å². The molecule has 0 amide bonds. The van der Waals surface area contributed by atoms with Crippen molar-refractivity contribution in [2.24, 2.45) is 11.8 Å². The Labute approximate surface area is 128 Å². The van der Waals surface area contributed by atoms with Gasteiger partial charge in [0.05, 0.1) is 7.11 Å². The SMILES string of the molecule is COc1ncnc2c1nc(CCCl)n2C(C1CC1)C1CC1. The highest BCUT2D eigenvalue weighted by Crippen LogP contribution is 2.53. The number of imidazole rings is 1. The first kappa shape index (κ1) is 13.3. The second kappa shape index (κ2) is 5.13. The average Bonchev–Trinajstić information content (AvgIpc) is 3.39. The fourth-order valence-corrected chi connectivity index (χ4v) is 3.51. The predicted molar refractivity (Wildman–Crippen MR) is 80.8 cm³/mol. The van der Waals surface area contributed by atoms with Gasteiger partial charge in [-0.05, 0) is 37.5 Å². The zero-order chi connectivity index (χ0) is 14.4. The summed E-state index contributed by atoms with van der Waals surface area (Å²) in [5.41, 5.74) is 1.68. The fourth-order valence-electron chi connectivity index (χ4n) is 3.34. The van der Waals surface area contributed by atoms with Crippen LogP contribution in [0.2, 0.25) is 0 Å². The van der Waals surface area contributed by atoms with Crippen LogP contribution in [0.25, 0.3) is 11.2 Å². The van der Waals surface area contributed by atoms with Crippen molar-refractivity contribution in [3.8, 4) is 5.88 Å². The standard InChI is InChI=1S/C15H19ClN4O/c1-21-15-12-14(17-8-18-15)20(11(19-12)6-7-16)13(9-2-3-9)10-4-5-10/h8-10,13H,2-7H2,1H3. The summed E-state index contributed by atoms with van der Waals surface area (Å²) in [5.74, 6) is 3.72. The monoisotopic (exact) mass is 306 g/mol. The lowest BCUT2D eigenvalue weighted by atomic mass is 10.1. The minimum Gasteiger partial charge on any atom is -0.479 e. The molecule has 5 nitrogen and oxygen atoms in total. The Kier molecular flexibility index (Phi) is 3.25. The smallest absolute Gasteiger partial charge is 0.245 e. The van der Waals surface area contributed by atoms with Gasteiger partial charge in [0.25, 0.3) is 0 Å². The van der Waals surface area contributed by atoms with Crippen molar-refractivity contribution in [2.75, 3.05) is 13.0 Å². The maximum Gasteiger partial charge on any atom is 0.245 e. The van der Waals surface area contributed by atoms with E-state index >= 15 is 0 Å². The van der Waals surface area contributed by atoms with E-state index in [-0.39, 0.29) is 0 Å². The zero-order valence-electron chi connectivity index (χ0n) is 12.1. The third-order valence-electron chi connectivity index (χ3n) is 4.54. The lowest BCUT2D eigenvalue weighted by molar-refractivity contribution is 0.390. The van der Waals surface area contributed by atoms with E-state index in [1.165, 1.54) is 25.7 Å². The Morgan fingerprint density at radius 3 is 2.57 bits per heavy atom. The van der Waals surface area contributed by atoms with Crippen LogP contribution in [0.5, 0.6) is 5.88 Å². The number of halogens is 1. The van der Waals surface area contributed by atoms with Crippen molar-refractivity contribution in [3.63, 3.8) is 0 Å². The molecule has 0 aromatic carbocycles. The molecule has 2 fully saturated rings. The molecule has 2 aromatic heterocycles. The van der Waals surface area contributed by atoms with Crippen molar-refractivity contribution in [1.82, 2.24) is 19.5 Å². The van der Waals surface area contributed by atoms with Gasteiger partial charge in [-0.1, -0.05) is 0 Å². The van der Waals surface area contributed by atoms with E-state index < -0.39 is 0 Å². The highest BCUT2D eigenvalue weighted by atomic mass is 35.5. The molecular formula is C15H19ClN4O. The van der Waals surface area contributed by atoms with Crippen LogP contribution < -0.4 is 4.74 Å². The van der Waals surface area contributed by atoms with Crippen molar-refractivity contribution < 1.29 is 4.74 Å². The number of nitrogens with zero attached hydrogens (tertiary/aromatic N) is 4. The van der Waals surface area contributed by atoms with Crippen molar-refractivity contribution >= 4 is 22.8 Å². The van der Waals surface area contributed by atoms with Gasteiger partial charge < -0.3 is 9.30 Å². The van der Waals surface area contributed by atoms with Crippen LogP contribution in [0.4, 0.5) is 0 Å². The van der Waals surface area contributed by atoms with Gasteiger partial charge in [-0.3, -0.25) is 0 Å². The van der Waals surface area contributed by atoms with Crippen LogP contribution >= 0.6 is 11.6 Å². The van der Waals surface area contributed by atoms with E-state index in [2.05, 4.69) is 14.5 Å². The quantitative estimate of drug-likeness (QED) is 0.770. The van der Waals surface area contributed by atoms with Crippen molar-refractivity contribution in [3.05, 3.63) is 12.2 Å². The van der Waals surface area contributed by atoms with Crippen LogP contribution in [-0.4, -0.2) is 32.5 Å². The highest BCUT2D eigenvalue weighted by Gasteiger charge is 2.44. The Hall–Kier alpha value is -1.36. The topological polar surface area (TPSA) is 52.8 Å². The summed E-state index contributed by atoms with van der Waals surface area (Å²) in [5, 5.41) is 0. The lowest BCUT2D eigenvalue weighted by Crippen LogP contribution is -2.17. The van der Waals surface area contributed by atoms with Crippen molar-refractivity contribution in [2.45, 2.75) is 38.1 Å². The third kappa shape index (κ3) is 2.27. The second-order valence-electron chi connectivity index (χ2n) is 6.06. The molecule has 0 unspecified atom stereocenters. The Morgan fingerprint density at radius 2 is 2.00 bits per heavy atom. The molecule has 0 atom stereocenters. The van der Waals surface area contributed by atoms with Gasteiger partial charge in [-0.15, -0.1) is 11.6 Å². The van der Waals surface area contributed by atoms with E-state index in [0.29, 0.717) is 17.8 Å². The van der Waals surface area contributed by atoms with Crippen LogP contribution in [0.15, 0.2) is 6.33 Å². The molecule has 2 aliphatic carbocycles. The predicted octanol–water partition coefficient (Wildman–Crippen LogP) is 2.98. The summed E-state index contributed by atoms with van der Waals surface area (Å²) in [6.07, 6.45) is 7.62. The van der Waals surface area contributed by atoms with Gasteiger partial charge in [-0.25, -0.2) is 9.97 Å². The normalized spacial score (nSPS) is 18.6. The summed E-state index contributed by atoms with van der Waals surface area (Å²) in [7, 11) is 1.63. The van der Waals surface area contributed by atoms with Crippen LogP contribution in [0.3, 0.4) is 0 Å². The molecule has 2 aromatic rings. The number of fused-ring (bicyclic) bond motifs is 1. The number of alkyl halides is 1.